The van der Waals surface area contributed by atoms with Gasteiger partial charge in [0.15, 0.2) is 5.75 Å². The molecule has 0 fully saturated rings. The normalized spacial score (nSPS) is 11.3. The summed E-state index contributed by atoms with van der Waals surface area (Å²) in [5.74, 6) is -2.42. The average molecular weight is 430 g/mol. The maximum absolute atomic E-state index is 13.0. The largest absolute Gasteiger partial charge is 0.573 e. The minimum atomic E-state index is -4.97. The zero-order valence-corrected chi connectivity index (χ0v) is 15.3. The molecule has 5 nitrogen and oxygen atoms in total. The van der Waals surface area contributed by atoms with Crippen LogP contribution in [0.5, 0.6) is 5.75 Å². The molecule has 0 bridgehead atoms. The maximum atomic E-state index is 13.0. The average Bonchev–Trinajstić information content (AvgIpc) is 3.08. The van der Waals surface area contributed by atoms with Crippen LogP contribution in [0, 0.1) is 5.82 Å². The van der Waals surface area contributed by atoms with E-state index in [9.17, 15) is 22.4 Å². The third-order valence-corrected chi connectivity index (χ3v) is 5.26. The Morgan fingerprint density at radius 3 is 2.54 bits per heavy atom. The van der Waals surface area contributed by atoms with E-state index in [0.717, 1.165) is 24.1 Å². The van der Waals surface area contributed by atoms with Crippen LogP contribution in [0.3, 0.4) is 0 Å². The molecule has 0 aliphatic heterocycles. The van der Waals surface area contributed by atoms with E-state index < -0.39 is 18.1 Å². The summed E-state index contributed by atoms with van der Waals surface area (Å²) in [6, 6.07) is 8.85. The van der Waals surface area contributed by atoms with Gasteiger partial charge in [-0.2, -0.15) is 0 Å². The SMILES string of the molecule is O=C(O)c1ccc(NSc2cnc(-c3ccc(F)cc3)s2)c(OC(F)(F)F)c1. The fourth-order valence-corrected chi connectivity index (χ4v) is 3.75. The highest BCUT2D eigenvalue weighted by atomic mass is 32.2. The van der Waals surface area contributed by atoms with E-state index in [2.05, 4.69) is 14.4 Å². The molecule has 1 aromatic heterocycles. The van der Waals surface area contributed by atoms with Crippen molar-refractivity contribution in [3.8, 4) is 16.3 Å². The number of thiazole rings is 1. The van der Waals surface area contributed by atoms with Crippen LogP contribution in [-0.4, -0.2) is 22.4 Å². The smallest absolute Gasteiger partial charge is 0.478 e. The number of rotatable bonds is 6. The van der Waals surface area contributed by atoms with Gasteiger partial charge in [0, 0.05) is 5.56 Å². The number of alkyl halides is 3. The van der Waals surface area contributed by atoms with Crippen LogP contribution in [0.2, 0.25) is 0 Å². The fraction of sp³-hybridized carbons (Fsp3) is 0.0588. The molecule has 28 heavy (non-hydrogen) atoms. The number of carboxylic acid groups (broad SMARTS) is 1. The highest BCUT2D eigenvalue weighted by Gasteiger charge is 2.32. The van der Waals surface area contributed by atoms with Crippen LogP contribution in [0.15, 0.2) is 52.9 Å². The lowest BCUT2D eigenvalue weighted by atomic mass is 10.2. The van der Waals surface area contributed by atoms with Crippen molar-refractivity contribution in [3.63, 3.8) is 0 Å². The number of anilines is 1. The first kappa shape index (κ1) is 20.0. The summed E-state index contributed by atoms with van der Waals surface area (Å²) >= 11 is 2.23. The van der Waals surface area contributed by atoms with Crippen LogP contribution in [0.1, 0.15) is 10.4 Å². The number of carboxylic acids is 1. The van der Waals surface area contributed by atoms with Crippen molar-refractivity contribution in [2.45, 2.75) is 10.6 Å². The van der Waals surface area contributed by atoms with Gasteiger partial charge in [0.25, 0.3) is 0 Å². The molecule has 0 aliphatic carbocycles. The second-order valence-electron chi connectivity index (χ2n) is 5.26. The predicted octanol–water partition coefficient (Wildman–Crippen LogP) is 5.67. The summed E-state index contributed by atoms with van der Waals surface area (Å²) < 4.78 is 58.0. The molecule has 0 amide bonds. The van der Waals surface area contributed by atoms with E-state index in [1.165, 1.54) is 35.7 Å². The van der Waals surface area contributed by atoms with Crippen LogP contribution in [-0.2, 0) is 0 Å². The molecule has 146 valence electrons. The van der Waals surface area contributed by atoms with Gasteiger partial charge in [0.05, 0.1) is 17.4 Å². The van der Waals surface area contributed by atoms with E-state index in [0.29, 0.717) is 14.8 Å². The lowest BCUT2D eigenvalue weighted by Gasteiger charge is -2.14. The van der Waals surface area contributed by atoms with E-state index in [-0.39, 0.29) is 17.1 Å². The summed E-state index contributed by atoms with van der Waals surface area (Å²) in [4.78, 5) is 15.2. The van der Waals surface area contributed by atoms with E-state index in [1.54, 1.807) is 12.1 Å². The highest BCUT2D eigenvalue weighted by Crippen LogP contribution is 2.36. The molecule has 0 spiro atoms. The number of aromatic carboxylic acids is 1. The van der Waals surface area contributed by atoms with Crippen molar-refractivity contribution in [1.82, 2.24) is 4.98 Å². The van der Waals surface area contributed by atoms with Gasteiger partial charge in [0.1, 0.15) is 15.0 Å². The lowest BCUT2D eigenvalue weighted by molar-refractivity contribution is -0.274. The first-order valence-electron chi connectivity index (χ1n) is 7.49. The number of hydrogen-bond acceptors (Lipinski definition) is 6. The summed E-state index contributed by atoms with van der Waals surface area (Å²) in [5, 5.41) is 9.55. The van der Waals surface area contributed by atoms with Crippen molar-refractivity contribution in [2.24, 2.45) is 0 Å². The molecular weight excluding hydrogens is 420 g/mol. The Morgan fingerprint density at radius 2 is 1.89 bits per heavy atom. The van der Waals surface area contributed by atoms with Gasteiger partial charge in [-0.05, 0) is 54.4 Å². The van der Waals surface area contributed by atoms with Crippen molar-refractivity contribution in [1.29, 1.82) is 0 Å². The summed E-state index contributed by atoms with van der Waals surface area (Å²) in [7, 11) is 0. The minimum absolute atomic E-state index is 0.0518. The second-order valence-corrected chi connectivity index (χ2v) is 7.40. The molecular formula is C17H10F4N2O3S2. The zero-order chi connectivity index (χ0) is 20.3. The first-order valence-corrected chi connectivity index (χ1v) is 9.12. The topological polar surface area (TPSA) is 71.5 Å². The van der Waals surface area contributed by atoms with Crippen LogP contribution >= 0.6 is 23.3 Å². The number of nitrogens with one attached hydrogen (secondary N) is 1. The molecule has 3 rings (SSSR count). The lowest BCUT2D eigenvalue weighted by Crippen LogP contribution is -2.18. The maximum Gasteiger partial charge on any atom is 0.573 e. The molecule has 2 aromatic carbocycles. The Kier molecular flexibility index (Phi) is 5.75. The molecule has 11 heteroatoms. The zero-order valence-electron chi connectivity index (χ0n) is 13.7. The Balaban J connectivity index is 1.77. The molecule has 2 N–H and O–H groups in total. The van der Waals surface area contributed by atoms with Gasteiger partial charge in [-0.3, -0.25) is 0 Å². The summed E-state index contributed by atoms with van der Waals surface area (Å²) in [6.45, 7) is 0. The first-order chi connectivity index (χ1) is 13.2. The fourth-order valence-electron chi connectivity index (χ4n) is 2.09. The number of nitrogens with zero attached hydrogens (tertiary/aromatic N) is 1. The molecule has 0 saturated heterocycles. The highest BCUT2D eigenvalue weighted by molar-refractivity contribution is 8.02. The van der Waals surface area contributed by atoms with Crippen molar-refractivity contribution in [3.05, 3.63) is 60.0 Å². The van der Waals surface area contributed by atoms with Crippen molar-refractivity contribution in [2.75, 3.05) is 4.72 Å². The number of halogens is 4. The molecule has 0 radical (unpaired) electrons. The van der Waals surface area contributed by atoms with Gasteiger partial charge < -0.3 is 14.6 Å². The van der Waals surface area contributed by atoms with Crippen LogP contribution < -0.4 is 9.46 Å². The van der Waals surface area contributed by atoms with Crippen LogP contribution in [0.4, 0.5) is 23.2 Å². The van der Waals surface area contributed by atoms with Gasteiger partial charge in [-0.1, -0.05) is 0 Å². The van der Waals surface area contributed by atoms with Crippen molar-refractivity contribution >= 4 is 34.9 Å². The van der Waals surface area contributed by atoms with Crippen LogP contribution in [0.25, 0.3) is 10.6 Å². The van der Waals surface area contributed by atoms with E-state index >= 15 is 0 Å². The van der Waals surface area contributed by atoms with E-state index in [4.69, 9.17) is 5.11 Å². The molecule has 0 aliphatic rings. The number of aromatic nitrogens is 1. The van der Waals surface area contributed by atoms with Gasteiger partial charge in [0.2, 0.25) is 0 Å². The van der Waals surface area contributed by atoms with E-state index in [1.807, 2.05) is 0 Å². The Morgan fingerprint density at radius 1 is 1.18 bits per heavy atom. The number of benzene rings is 2. The van der Waals surface area contributed by atoms with Gasteiger partial charge in [-0.15, -0.1) is 24.5 Å². The minimum Gasteiger partial charge on any atom is -0.478 e. The number of ether oxygens (including phenoxy) is 1. The predicted molar refractivity (Wildman–Crippen MR) is 97.1 cm³/mol. The number of carbonyl (C=O) groups is 1. The Hall–Kier alpha value is -2.79. The molecule has 0 unspecified atom stereocenters. The number of hydrogen-bond donors (Lipinski definition) is 2. The molecule has 3 aromatic rings. The summed E-state index contributed by atoms with van der Waals surface area (Å²) in [5.41, 5.74) is 0.306. The standard InChI is InChI=1S/C17H10F4N2O3S2/c18-11-4-1-9(2-5-11)15-22-8-14(27-15)28-23-12-6-3-10(16(24)25)7-13(12)26-17(19,20)21/h1-8,23H,(H,24,25). The third kappa shape index (κ3) is 5.14. The molecule has 1 heterocycles. The third-order valence-electron chi connectivity index (χ3n) is 3.29. The molecule has 0 atom stereocenters. The van der Waals surface area contributed by atoms with Gasteiger partial charge >= 0.3 is 12.3 Å². The second kappa shape index (κ2) is 8.07. The quantitative estimate of drug-likeness (QED) is 0.388. The monoisotopic (exact) mass is 430 g/mol. The van der Waals surface area contributed by atoms with Gasteiger partial charge in [-0.25, -0.2) is 14.2 Å². The molecule has 0 saturated carbocycles. The summed E-state index contributed by atoms with van der Waals surface area (Å²) in [6.07, 6.45) is -3.46. The van der Waals surface area contributed by atoms with Crippen molar-refractivity contribution < 1.29 is 32.2 Å². The Labute approximate surface area is 164 Å². The Bertz CT molecular complexity index is 991.